The third kappa shape index (κ3) is 3.24. The molecule has 0 N–H and O–H groups in total. The van der Waals surface area contributed by atoms with E-state index in [1.807, 2.05) is 26.0 Å². The fourth-order valence-corrected chi connectivity index (χ4v) is 5.17. The Morgan fingerprint density at radius 2 is 1.89 bits per heavy atom. The Labute approximate surface area is 163 Å². The smallest absolute Gasteiger partial charge is 0.278 e. The SMILES string of the molecule is CC(C)Cn1nc2n(c1=O)CCN(S(=O)(=O)c1cccc3cccnc13)CC2. The minimum absolute atomic E-state index is 0.172. The molecule has 28 heavy (non-hydrogen) atoms. The van der Waals surface area contributed by atoms with Gasteiger partial charge in [-0.1, -0.05) is 32.0 Å². The molecule has 0 bridgehead atoms. The van der Waals surface area contributed by atoms with E-state index in [1.54, 1.807) is 29.0 Å². The molecule has 0 spiro atoms. The lowest BCUT2D eigenvalue weighted by Crippen LogP contribution is -2.35. The molecule has 0 fully saturated rings. The van der Waals surface area contributed by atoms with Crippen LogP contribution in [0.5, 0.6) is 0 Å². The molecule has 1 aliphatic rings. The first-order chi connectivity index (χ1) is 13.4. The molecule has 4 rings (SSSR count). The highest BCUT2D eigenvalue weighted by molar-refractivity contribution is 7.89. The van der Waals surface area contributed by atoms with Crippen LogP contribution >= 0.6 is 0 Å². The Bertz CT molecular complexity index is 1170. The maximum Gasteiger partial charge on any atom is 0.345 e. The van der Waals surface area contributed by atoms with E-state index in [2.05, 4.69) is 10.1 Å². The van der Waals surface area contributed by atoms with Gasteiger partial charge in [0.1, 0.15) is 10.7 Å². The Morgan fingerprint density at radius 3 is 2.68 bits per heavy atom. The first kappa shape index (κ1) is 18.8. The molecular formula is C19H23N5O3S. The number of aromatic nitrogens is 4. The summed E-state index contributed by atoms with van der Waals surface area (Å²) in [4.78, 5) is 17.1. The monoisotopic (exact) mass is 401 g/mol. The van der Waals surface area contributed by atoms with E-state index < -0.39 is 10.0 Å². The summed E-state index contributed by atoms with van der Waals surface area (Å²) < 4.78 is 31.1. The van der Waals surface area contributed by atoms with Crippen molar-refractivity contribution in [2.75, 3.05) is 13.1 Å². The van der Waals surface area contributed by atoms with Crippen LogP contribution < -0.4 is 5.69 Å². The van der Waals surface area contributed by atoms with E-state index in [1.165, 1.54) is 8.99 Å². The summed E-state index contributed by atoms with van der Waals surface area (Å²) in [6.45, 7) is 5.43. The van der Waals surface area contributed by atoms with E-state index in [0.29, 0.717) is 36.8 Å². The molecule has 8 nitrogen and oxygen atoms in total. The molecule has 3 heterocycles. The van der Waals surface area contributed by atoms with Crippen molar-refractivity contribution in [2.45, 2.75) is 38.3 Å². The van der Waals surface area contributed by atoms with Gasteiger partial charge in [0.2, 0.25) is 10.0 Å². The van der Waals surface area contributed by atoms with Crippen LogP contribution in [-0.2, 0) is 29.5 Å². The van der Waals surface area contributed by atoms with Gasteiger partial charge in [0.15, 0.2) is 0 Å². The summed E-state index contributed by atoms with van der Waals surface area (Å²) in [5, 5.41) is 5.20. The molecular weight excluding hydrogens is 378 g/mol. The minimum atomic E-state index is -3.73. The maximum atomic E-state index is 13.3. The van der Waals surface area contributed by atoms with Crippen LogP contribution in [-0.4, -0.2) is 45.1 Å². The number of hydrogen-bond acceptors (Lipinski definition) is 5. The minimum Gasteiger partial charge on any atom is -0.278 e. The number of nitrogens with zero attached hydrogens (tertiary/aromatic N) is 5. The van der Waals surface area contributed by atoms with Gasteiger partial charge in [0.05, 0.1) is 5.52 Å². The van der Waals surface area contributed by atoms with Crippen LogP contribution in [0.3, 0.4) is 0 Å². The molecule has 2 aromatic heterocycles. The largest absolute Gasteiger partial charge is 0.345 e. The van der Waals surface area contributed by atoms with Crippen LogP contribution in [0, 0.1) is 5.92 Å². The number of sulfonamides is 1. The highest BCUT2D eigenvalue weighted by Gasteiger charge is 2.30. The van der Waals surface area contributed by atoms with E-state index in [0.717, 1.165) is 5.39 Å². The van der Waals surface area contributed by atoms with Gasteiger partial charge in [-0.15, -0.1) is 0 Å². The third-order valence-electron chi connectivity index (χ3n) is 4.91. The normalized spacial score (nSPS) is 15.7. The molecule has 1 aromatic carbocycles. The van der Waals surface area contributed by atoms with Gasteiger partial charge in [-0.05, 0) is 18.1 Å². The summed E-state index contributed by atoms with van der Waals surface area (Å²) in [5.74, 6) is 0.951. The van der Waals surface area contributed by atoms with Crippen LogP contribution in [0.25, 0.3) is 10.9 Å². The molecule has 0 atom stereocenters. The highest BCUT2D eigenvalue weighted by atomic mass is 32.2. The summed E-state index contributed by atoms with van der Waals surface area (Å²) in [6.07, 6.45) is 1.99. The highest BCUT2D eigenvalue weighted by Crippen LogP contribution is 2.24. The van der Waals surface area contributed by atoms with Crippen molar-refractivity contribution in [3.05, 3.63) is 52.8 Å². The van der Waals surface area contributed by atoms with Gasteiger partial charge < -0.3 is 0 Å². The number of para-hydroxylation sites is 1. The molecule has 0 saturated heterocycles. The molecule has 1 aliphatic heterocycles. The van der Waals surface area contributed by atoms with Crippen LogP contribution in [0.4, 0.5) is 0 Å². The van der Waals surface area contributed by atoms with Crippen molar-refractivity contribution in [1.29, 1.82) is 0 Å². The fourth-order valence-electron chi connectivity index (χ4n) is 3.57. The van der Waals surface area contributed by atoms with Crippen molar-refractivity contribution in [3.63, 3.8) is 0 Å². The van der Waals surface area contributed by atoms with Gasteiger partial charge in [-0.25, -0.2) is 17.9 Å². The average molecular weight is 401 g/mol. The van der Waals surface area contributed by atoms with E-state index in [4.69, 9.17) is 0 Å². The Kier molecular flexibility index (Phi) is 4.80. The lowest BCUT2D eigenvalue weighted by Gasteiger charge is -2.20. The van der Waals surface area contributed by atoms with E-state index in [-0.39, 0.29) is 23.7 Å². The standard InChI is InChI=1S/C19H23N5O3S/c1-14(2)13-24-19(25)23-12-11-22(10-8-17(23)21-24)28(26,27)16-7-3-5-15-6-4-9-20-18(15)16/h3-7,9,14H,8,10-13H2,1-2H3. The third-order valence-corrected chi connectivity index (χ3v) is 6.84. The molecule has 0 radical (unpaired) electrons. The van der Waals surface area contributed by atoms with Gasteiger partial charge in [0, 0.05) is 44.2 Å². The molecule has 0 saturated carbocycles. The second-order valence-electron chi connectivity index (χ2n) is 7.41. The average Bonchev–Trinajstić information content (AvgIpc) is 2.83. The first-order valence-electron chi connectivity index (χ1n) is 9.38. The van der Waals surface area contributed by atoms with Crippen molar-refractivity contribution >= 4 is 20.9 Å². The quantitative estimate of drug-likeness (QED) is 0.661. The summed E-state index contributed by atoms with van der Waals surface area (Å²) in [7, 11) is -3.73. The second kappa shape index (κ2) is 7.14. The van der Waals surface area contributed by atoms with E-state index in [9.17, 15) is 13.2 Å². The van der Waals surface area contributed by atoms with Crippen molar-refractivity contribution in [3.8, 4) is 0 Å². The van der Waals surface area contributed by atoms with Gasteiger partial charge in [0.25, 0.3) is 0 Å². The Balaban J connectivity index is 1.65. The summed E-state index contributed by atoms with van der Waals surface area (Å²) >= 11 is 0. The van der Waals surface area contributed by atoms with Crippen LogP contribution in [0.1, 0.15) is 19.7 Å². The molecule has 0 amide bonds. The van der Waals surface area contributed by atoms with Crippen molar-refractivity contribution < 1.29 is 8.42 Å². The zero-order valence-electron chi connectivity index (χ0n) is 15.9. The van der Waals surface area contributed by atoms with Crippen molar-refractivity contribution in [2.24, 2.45) is 5.92 Å². The molecule has 0 unspecified atom stereocenters. The number of pyridine rings is 1. The predicted molar refractivity (Wildman–Crippen MR) is 106 cm³/mol. The number of rotatable bonds is 4. The van der Waals surface area contributed by atoms with E-state index >= 15 is 0 Å². The fraction of sp³-hybridized carbons (Fsp3) is 0.421. The predicted octanol–water partition coefficient (Wildman–Crippen LogP) is 1.50. The first-order valence-corrected chi connectivity index (χ1v) is 10.8. The topological polar surface area (TPSA) is 90.1 Å². The van der Waals surface area contributed by atoms with Crippen LogP contribution in [0.2, 0.25) is 0 Å². The summed E-state index contributed by atoms with van der Waals surface area (Å²) in [5.41, 5.74) is 0.293. The zero-order chi connectivity index (χ0) is 19.9. The van der Waals surface area contributed by atoms with Gasteiger partial charge >= 0.3 is 5.69 Å². The Hall–Kier alpha value is -2.52. The Morgan fingerprint density at radius 1 is 1.11 bits per heavy atom. The number of fused-ring (bicyclic) bond motifs is 2. The lowest BCUT2D eigenvalue weighted by atomic mass is 10.2. The summed E-state index contributed by atoms with van der Waals surface area (Å²) in [6, 6.07) is 8.78. The second-order valence-corrected chi connectivity index (χ2v) is 9.32. The molecule has 9 heteroatoms. The lowest BCUT2D eigenvalue weighted by molar-refractivity contribution is 0.405. The molecule has 0 aliphatic carbocycles. The van der Waals surface area contributed by atoms with Crippen molar-refractivity contribution in [1.82, 2.24) is 23.6 Å². The molecule has 148 valence electrons. The number of hydrogen-bond donors (Lipinski definition) is 0. The van der Waals surface area contributed by atoms with Gasteiger partial charge in [-0.3, -0.25) is 9.55 Å². The van der Waals surface area contributed by atoms with Crippen LogP contribution in [0.15, 0.2) is 46.2 Å². The maximum absolute atomic E-state index is 13.3. The van der Waals surface area contributed by atoms with Gasteiger partial charge in [-0.2, -0.15) is 9.40 Å². The number of benzene rings is 1. The molecule has 3 aromatic rings. The zero-order valence-corrected chi connectivity index (χ0v) is 16.8.